The van der Waals surface area contributed by atoms with Gasteiger partial charge in [0.05, 0.1) is 18.8 Å². The van der Waals surface area contributed by atoms with Crippen LogP contribution in [0.25, 0.3) is 0 Å². The fraction of sp³-hybridized carbons (Fsp3) is 1.00. The molecule has 0 amide bonds. The molecule has 1 aliphatic heterocycles. The van der Waals surface area contributed by atoms with E-state index in [1.807, 2.05) is 0 Å². The van der Waals surface area contributed by atoms with Crippen LogP contribution in [-0.2, 0) is 9.47 Å². The topological polar surface area (TPSA) is 30.5 Å². The largest absolute Gasteiger partial charge is 0.381 e. The van der Waals surface area contributed by atoms with Gasteiger partial charge in [-0.3, -0.25) is 0 Å². The van der Waals surface area contributed by atoms with Crippen LogP contribution in [0, 0.1) is 5.92 Å². The number of rotatable bonds is 7. The van der Waals surface area contributed by atoms with Crippen molar-refractivity contribution in [3.63, 3.8) is 0 Å². The smallest absolute Gasteiger partial charge is 0.0694 e. The number of nitrogens with one attached hydrogen (secondary N) is 1. The molecule has 0 aromatic rings. The van der Waals surface area contributed by atoms with E-state index in [1.54, 1.807) is 0 Å². The van der Waals surface area contributed by atoms with Crippen molar-refractivity contribution in [2.75, 3.05) is 26.4 Å². The van der Waals surface area contributed by atoms with Gasteiger partial charge in [0.2, 0.25) is 0 Å². The standard InChI is InChI=1S/C14H27NO2/c1-12(2)15-8-7-14(5-3-6-14)17-11-13-4-9-16-10-13/h12-13,15H,3-11H2,1-2H3. The Bertz CT molecular complexity index is 220. The van der Waals surface area contributed by atoms with E-state index in [0.717, 1.165) is 26.4 Å². The van der Waals surface area contributed by atoms with Crippen LogP contribution in [0.5, 0.6) is 0 Å². The summed E-state index contributed by atoms with van der Waals surface area (Å²) in [6.07, 6.45) is 6.18. The Morgan fingerprint density at radius 1 is 1.41 bits per heavy atom. The van der Waals surface area contributed by atoms with Crippen molar-refractivity contribution in [3.05, 3.63) is 0 Å². The molecule has 1 heterocycles. The molecule has 3 heteroatoms. The highest BCUT2D eigenvalue weighted by Gasteiger charge is 2.38. The third-order valence-electron chi connectivity index (χ3n) is 4.05. The van der Waals surface area contributed by atoms with E-state index in [-0.39, 0.29) is 5.60 Å². The van der Waals surface area contributed by atoms with Gasteiger partial charge in [-0.2, -0.15) is 0 Å². The van der Waals surface area contributed by atoms with Gasteiger partial charge in [-0.15, -0.1) is 0 Å². The van der Waals surface area contributed by atoms with E-state index in [0.29, 0.717) is 12.0 Å². The quantitative estimate of drug-likeness (QED) is 0.742. The Labute approximate surface area is 105 Å². The van der Waals surface area contributed by atoms with Gasteiger partial charge in [-0.25, -0.2) is 0 Å². The molecule has 2 fully saturated rings. The predicted octanol–water partition coefficient (Wildman–Crippen LogP) is 2.35. The van der Waals surface area contributed by atoms with E-state index in [4.69, 9.17) is 9.47 Å². The molecule has 0 spiro atoms. The van der Waals surface area contributed by atoms with Crippen LogP contribution in [0.1, 0.15) is 46.0 Å². The summed E-state index contributed by atoms with van der Waals surface area (Å²) in [5.74, 6) is 0.644. The summed E-state index contributed by atoms with van der Waals surface area (Å²) in [5.41, 5.74) is 0.199. The molecule has 1 unspecified atom stereocenters. The fourth-order valence-electron chi connectivity index (χ4n) is 2.64. The van der Waals surface area contributed by atoms with Crippen molar-refractivity contribution in [3.8, 4) is 0 Å². The Hall–Kier alpha value is -0.120. The van der Waals surface area contributed by atoms with Gasteiger partial charge >= 0.3 is 0 Å². The fourth-order valence-corrected chi connectivity index (χ4v) is 2.64. The number of hydrogen-bond acceptors (Lipinski definition) is 3. The van der Waals surface area contributed by atoms with Crippen LogP contribution in [0.2, 0.25) is 0 Å². The zero-order chi connectivity index (χ0) is 12.1. The van der Waals surface area contributed by atoms with Crippen molar-refractivity contribution < 1.29 is 9.47 Å². The van der Waals surface area contributed by atoms with Crippen molar-refractivity contribution in [1.82, 2.24) is 5.32 Å². The second kappa shape index (κ2) is 6.17. The molecule has 3 nitrogen and oxygen atoms in total. The van der Waals surface area contributed by atoms with Crippen LogP contribution >= 0.6 is 0 Å². The second-order valence-electron chi connectivity index (χ2n) is 5.94. The first-order chi connectivity index (χ1) is 8.20. The van der Waals surface area contributed by atoms with Gasteiger partial charge in [-0.05, 0) is 38.6 Å². The first kappa shape index (κ1) is 13.3. The Kier molecular flexibility index (Phi) is 4.83. The maximum atomic E-state index is 6.21. The van der Waals surface area contributed by atoms with Crippen molar-refractivity contribution in [2.24, 2.45) is 5.92 Å². The normalized spacial score (nSPS) is 27.4. The van der Waals surface area contributed by atoms with E-state index in [2.05, 4.69) is 19.2 Å². The highest BCUT2D eigenvalue weighted by Crippen LogP contribution is 2.39. The lowest BCUT2D eigenvalue weighted by atomic mass is 9.77. The Morgan fingerprint density at radius 3 is 2.76 bits per heavy atom. The van der Waals surface area contributed by atoms with Gasteiger partial charge < -0.3 is 14.8 Å². The molecule has 1 saturated carbocycles. The molecule has 0 bridgehead atoms. The molecule has 17 heavy (non-hydrogen) atoms. The highest BCUT2D eigenvalue weighted by atomic mass is 16.5. The summed E-state index contributed by atoms with van der Waals surface area (Å²) in [6, 6.07) is 0.579. The monoisotopic (exact) mass is 241 g/mol. The lowest BCUT2D eigenvalue weighted by molar-refractivity contribution is -0.115. The highest BCUT2D eigenvalue weighted by molar-refractivity contribution is 4.90. The van der Waals surface area contributed by atoms with Gasteiger partial charge in [0.25, 0.3) is 0 Å². The summed E-state index contributed by atoms with van der Waals surface area (Å²) in [6.45, 7) is 8.21. The maximum absolute atomic E-state index is 6.21. The summed E-state index contributed by atoms with van der Waals surface area (Å²) in [7, 11) is 0. The lowest BCUT2D eigenvalue weighted by Gasteiger charge is -2.42. The van der Waals surface area contributed by atoms with Crippen molar-refractivity contribution in [1.29, 1.82) is 0 Å². The zero-order valence-corrected chi connectivity index (χ0v) is 11.3. The molecular weight excluding hydrogens is 214 g/mol. The van der Waals surface area contributed by atoms with E-state index >= 15 is 0 Å². The molecular formula is C14H27NO2. The van der Waals surface area contributed by atoms with Crippen molar-refractivity contribution >= 4 is 0 Å². The molecule has 100 valence electrons. The van der Waals surface area contributed by atoms with Gasteiger partial charge in [0.15, 0.2) is 0 Å². The molecule has 0 radical (unpaired) electrons. The molecule has 1 saturated heterocycles. The summed E-state index contributed by atoms with van der Waals surface area (Å²) < 4.78 is 11.6. The average Bonchev–Trinajstić information content (AvgIpc) is 2.73. The molecule has 0 aromatic heterocycles. The predicted molar refractivity (Wildman–Crippen MR) is 69.2 cm³/mol. The van der Waals surface area contributed by atoms with Crippen LogP contribution in [0.4, 0.5) is 0 Å². The minimum Gasteiger partial charge on any atom is -0.381 e. The van der Waals surface area contributed by atoms with Crippen LogP contribution in [-0.4, -0.2) is 38.0 Å². The molecule has 2 aliphatic rings. The zero-order valence-electron chi connectivity index (χ0n) is 11.3. The van der Waals surface area contributed by atoms with Crippen LogP contribution < -0.4 is 5.32 Å². The number of hydrogen-bond donors (Lipinski definition) is 1. The van der Waals surface area contributed by atoms with Gasteiger partial charge in [0, 0.05) is 18.6 Å². The Balaban J connectivity index is 1.66. The lowest BCUT2D eigenvalue weighted by Crippen LogP contribution is -2.44. The minimum absolute atomic E-state index is 0.199. The SMILES string of the molecule is CC(C)NCCC1(OCC2CCOC2)CCC1. The van der Waals surface area contributed by atoms with Crippen LogP contribution in [0.15, 0.2) is 0 Å². The molecule has 2 rings (SSSR count). The van der Waals surface area contributed by atoms with E-state index in [1.165, 1.54) is 32.1 Å². The molecule has 1 N–H and O–H groups in total. The first-order valence-electron chi connectivity index (χ1n) is 7.15. The van der Waals surface area contributed by atoms with Crippen LogP contribution in [0.3, 0.4) is 0 Å². The van der Waals surface area contributed by atoms with Gasteiger partial charge in [0.1, 0.15) is 0 Å². The van der Waals surface area contributed by atoms with E-state index in [9.17, 15) is 0 Å². The minimum atomic E-state index is 0.199. The summed E-state index contributed by atoms with van der Waals surface area (Å²) in [5, 5.41) is 3.49. The first-order valence-corrected chi connectivity index (χ1v) is 7.15. The third kappa shape index (κ3) is 3.94. The van der Waals surface area contributed by atoms with E-state index < -0.39 is 0 Å². The second-order valence-corrected chi connectivity index (χ2v) is 5.94. The maximum Gasteiger partial charge on any atom is 0.0694 e. The summed E-state index contributed by atoms with van der Waals surface area (Å²) >= 11 is 0. The summed E-state index contributed by atoms with van der Waals surface area (Å²) in [4.78, 5) is 0. The molecule has 0 aromatic carbocycles. The average molecular weight is 241 g/mol. The number of ether oxygens (including phenoxy) is 2. The molecule has 1 aliphatic carbocycles. The van der Waals surface area contributed by atoms with Crippen molar-refractivity contribution in [2.45, 2.75) is 57.6 Å². The Morgan fingerprint density at radius 2 is 2.24 bits per heavy atom. The third-order valence-corrected chi connectivity index (χ3v) is 4.05. The molecule has 1 atom stereocenters. The van der Waals surface area contributed by atoms with Gasteiger partial charge in [-0.1, -0.05) is 13.8 Å².